The van der Waals surface area contributed by atoms with Crippen molar-refractivity contribution in [3.8, 4) is 0 Å². The lowest BCUT2D eigenvalue weighted by Crippen LogP contribution is -2.56. The third kappa shape index (κ3) is 9.19. The zero-order valence-corrected chi connectivity index (χ0v) is 23.1. The molecule has 0 radical (unpaired) electrons. The van der Waals surface area contributed by atoms with Crippen LogP contribution in [0.1, 0.15) is 80.6 Å². The number of carbonyl (C=O) groups excluding carboxylic acids is 5. The molecule has 1 heterocycles. The fraction of sp³-hybridized carbons (Fsp3) is 0.808. The summed E-state index contributed by atoms with van der Waals surface area (Å²) in [7, 11) is 0. The van der Waals surface area contributed by atoms with Crippen LogP contribution in [0.25, 0.3) is 0 Å². The average molecular weight is 525 g/mol. The molecule has 0 spiro atoms. The Morgan fingerprint density at radius 1 is 1.08 bits per heavy atom. The highest BCUT2D eigenvalue weighted by molar-refractivity contribution is 5.94. The maximum atomic E-state index is 12.8. The van der Waals surface area contributed by atoms with Crippen LogP contribution in [-0.2, 0) is 28.7 Å². The zero-order chi connectivity index (χ0) is 27.9. The number of rotatable bonds is 13. The Bertz CT molecular complexity index is 856. The van der Waals surface area contributed by atoms with Crippen molar-refractivity contribution in [1.29, 1.82) is 0 Å². The van der Waals surface area contributed by atoms with E-state index < -0.39 is 41.7 Å². The van der Waals surface area contributed by atoms with E-state index in [1.54, 1.807) is 20.8 Å². The molecule has 1 aliphatic heterocycles. The van der Waals surface area contributed by atoms with Gasteiger partial charge in [0.15, 0.2) is 6.10 Å². The van der Waals surface area contributed by atoms with Crippen LogP contribution in [0, 0.1) is 17.8 Å². The number of ether oxygens (including phenoxy) is 2. The van der Waals surface area contributed by atoms with Gasteiger partial charge in [0.2, 0.25) is 11.8 Å². The average Bonchev–Trinajstić information content (AvgIpc) is 3.51. The smallest absolute Gasteiger partial charge is 0.408 e. The molecule has 4 amide bonds. The minimum atomic E-state index is -0.915. The number of hydrogen-bond donors (Lipinski definition) is 4. The standard InChI is InChI=1S/C26H44N4O7/c1-8-10-11-27-22(32)18(30-21(31)15(4)28-25(35)37-26(5,6)7)13-16-12-17(16)29-23(33)20-19(14(3)9-2)24(34)36-20/h14-20H,8-13H2,1-7H3,(H,27,32)(H,28,35)(H,29,33)(H,30,31)/t14-,15-,16-,17-,18-,19-,20+/m0/s1. The van der Waals surface area contributed by atoms with Crippen molar-refractivity contribution < 1.29 is 33.4 Å². The number of nitrogens with one attached hydrogen (secondary N) is 4. The summed E-state index contributed by atoms with van der Waals surface area (Å²) >= 11 is 0. The highest BCUT2D eigenvalue weighted by Gasteiger charge is 2.51. The molecule has 0 unspecified atom stereocenters. The van der Waals surface area contributed by atoms with Gasteiger partial charge in [-0.25, -0.2) is 4.79 Å². The van der Waals surface area contributed by atoms with E-state index in [0.29, 0.717) is 19.4 Å². The van der Waals surface area contributed by atoms with Crippen LogP contribution in [0.15, 0.2) is 0 Å². The van der Waals surface area contributed by atoms with E-state index in [1.807, 2.05) is 20.8 Å². The van der Waals surface area contributed by atoms with E-state index in [-0.39, 0.29) is 35.7 Å². The number of hydrogen-bond acceptors (Lipinski definition) is 7. The summed E-state index contributed by atoms with van der Waals surface area (Å²) in [5.74, 6) is -1.89. The van der Waals surface area contributed by atoms with E-state index >= 15 is 0 Å². The van der Waals surface area contributed by atoms with Gasteiger partial charge >= 0.3 is 12.1 Å². The lowest BCUT2D eigenvalue weighted by Gasteiger charge is -2.37. The van der Waals surface area contributed by atoms with Crippen LogP contribution in [0.2, 0.25) is 0 Å². The van der Waals surface area contributed by atoms with Gasteiger partial charge in [0.25, 0.3) is 5.91 Å². The fourth-order valence-corrected chi connectivity index (χ4v) is 4.17. The van der Waals surface area contributed by atoms with Crippen molar-refractivity contribution in [2.45, 2.75) is 110 Å². The minimum absolute atomic E-state index is 0.0156. The predicted octanol–water partition coefficient (Wildman–Crippen LogP) is 1.78. The summed E-state index contributed by atoms with van der Waals surface area (Å²) in [4.78, 5) is 62.1. The Morgan fingerprint density at radius 2 is 1.76 bits per heavy atom. The number of alkyl carbamates (subject to hydrolysis) is 1. The van der Waals surface area contributed by atoms with Gasteiger partial charge in [-0.05, 0) is 58.8 Å². The minimum Gasteiger partial charge on any atom is -0.451 e. The first-order valence-corrected chi connectivity index (χ1v) is 13.4. The van der Waals surface area contributed by atoms with Gasteiger partial charge in [0.05, 0.1) is 0 Å². The molecule has 0 aromatic rings. The fourth-order valence-electron chi connectivity index (χ4n) is 4.17. The van der Waals surface area contributed by atoms with Gasteiger partial charge in [-0.15, -0.1) is 0 Å². The number of cyclic esters (lactones) is 1. The summed E-state index contributed by atoms with van der Waals surface area (Å²) in [5.41, 5.74) is -0.709. The molecule has 11 nitrogen and oxygen atoms in total. The highest BCUT2D eigenvalue weighted by Crippen LogP contribution is 2.37. The largest absolute Gasteiger partial charge is 0.451 e. The number of amides is 4. The third-order valence-electron chi connectivity index (χ3n) is 6.73. The normalized spacial score (nSPS) is 24.9. The molecule has 11 heteroatoms. The number of carbonyl (C=O) groups is 5. The van der Waals surface area contributed by atoms with Crippen LogP contribution in [-0.4, -0.2) is 66.2 Å². The summed E-state index contributed by atoms with van der Waals surface area (Å²) in [6.07, 6.45) is 1.96. The van der Waals surface area contributed by atoms with Crippen molar-refractivity contribution in [3.63, 3.8) is 0 Å². The van der Waals surface area contributed by atoms with Gasteiger partial charge in [-0.3, -0.25) is 19.2 Å². The third-order valence-corrected chi connectivity index (χ3v) is 6.73. The van der Waals surface area contributed by atoms with Crippen molar-refractivity contribution >= 4 is 29.8 Å². The first kappa shape index (κ1) is 30.4. The van der Waals surface area contributed by atoms with E-state index in [4.69, 9.17) is 9.47 Å². The second-order valence-electron chi connectivity index (χ2n) is 11.2. The molecular weight excluding hydrogens is 480 g/mol. The molecule has 2 aliphatic rings. The quantitative estimate of drug-likeness (QED) is 0.212. The topological polar surface area (TPSA) is 152 Å². The predicted molar refractivity (Wildman–Crippen MR) is 136 cm³/mol. The van der Waals surface area contributed by atoms with E-state index in [2.05, 4.69) is 21.3 Å². The van der Waals surface area contributed by atoms with Crippen molar-refractivity contribution in [2.75, 3.05) is 6.54 Å². The van der Waals surface area contributed by atoms with Gasteiger partial charge in [-0.1, -0.05) is 33.6 Å². The van der Waals surface area contributed by atoms with Gasteiger partial charge in [0, 0.05) is 12.6 Å². The number of esters is 1. The van der Waals surface area contributed by atoms with Crippen molar-refractivity contribution in [2.24, 2.45) is 17.8 Å². The molecule has 0 aromatic carbocycles. The first-order valence-electron chi connectivity index (χ1n) is 13.4. The molecule has 1 aliphatic carbocycles. The van der Waals surface area contributed by atoms with Gasteiger partial charge < -0.3 is 30.7 Å². The Morgan fingerprint density at radius 3 is 2.32 bits per heavy atom. The second-order valence-corrected chi connectivity index (χ2v) is 11.2. The van der Waals surface area contributed by atoms with Gasteiger partial charge in [-0.2, -0.15) is 0 Å². The molecule has 37 heavy (non-hydrogen) atoms. The number of unbranched alkanes of at least 4 members (excludes halogenated alkanes) is 1. The summed E-state index contributed by atoms with van der Waals surface area (Å²) in [6.45, 7) is 13.1. The van der Waals surface area contributed by atoms with Gasteiger partial charge in [0.1, 0.15) is 23.6 Å². The molecule has 0 bridgehead atoms. The lowest BCUT2D eigenvalue weighted by atomic mass is 9.83. The van der Waals surface area contributed by atoms with E-state index in [1.165, 1.54) is 6.92 Å². The molecule has 1 saturated carbocycles. The van der Waals surface area contributed by atoms with E-state index in [0.717, 1.165) is 19.3 Å². The second kappa shape index (κ2) is 13.1. The summed E-state index contributed by atoms with van der Waals surface area (Å²) in [5, 5.41) is 11.0. The lowest BCUT2D eigenvalue weighted by molar-refractivity contribution is -0.193. The van der Waals surface area contributed by atoms with Crippen molar-refractivity contribution in [3.05, 3.63) is 0 Å². The summed E-state index contributed by atoms with van der Waals surface area (Å²) < 4.78 is 10.3. The maximum Gasteiger partial charge on any atom is 0.408 e. The monoisotopic (exact) mass is 524 g/mol. The van der Waals surface area contributed by atoms with Crippen LogP contribution in [0.3, 0.4) is 0 Å². The van der Waals surface area contributed by atoms with Crippen LogP contribution in [0.4, 0.5) is 4.79 Å². The zero-order valence-electron chi connectivity index (χ0n) is 23.1. The Labute approximate surface area is 219 Å². The summed E-state index contributed by atoms with van der Waals surface area (Å²) in [6, 6.07) is -1.90. The molecule has 0 aromatic heterocycles. The highest BCUT2D eigenvalue weighted by atomic mass is 16.6. The maximum absolute atomic E-state index is 12.8. The van der Waals surface area contributed by atoms with Crippen LogP contribution < -0.4 is 21.3 Å². The van der Waals surface area contributed by atoms with Crippen LogP contribution in [0.5, 0.6) is 0 Å². The Kier molecular flexibility index (Phi) is 10.8. The first-order chi connectivity index (χ1) is 17.3. The molecular formula is C26H44N4O7. The molecule has 2 rings (SSSR count). The Hall–Kier alpha value is -2.85. The molecule has 210 valence electrons. The van der Waals surface area contributed by atoms with Crippen molar-refractivity contribution in [1.82, 2.24) is 21.3 Å². The molecule has 1 saturated heterocycles. The molecule has 2 fully saturated rings. The van der Waals surface area contributed by atoms with Crippen LogP contribution >= 0.6 is 0 Å². The molecule has 4 N–H and O–H groups in total. The molecule has 7 atom stereocenters. The SMILES string of the molecule is CCCCNC(=O)[C@H](C[C@@H]1C[C@@H]1NC(=O)[C@@H]1OC(=O)[C@H]1[C@@H](C)CC)NC(=O)[C@H](C)NC(=O)OC(C)(C)C. The Balaban J connectivity index is 1.93. The van der Waals surface area contributed by atoms with E-state index in [9.17, 15) is 24.0 Å².